The van der Waals surface area contributed by atoms with Crippen molar-refractivity contribution >= 4 is 11.0 Å². The van der Waals surface area contributed by atoms with Crippen LogP contribution in [0.4, 0.5) is 0 Å². The van der Waals surface area contributed by atoms with Gasteiger partial charge in [0.1, 0.15) is 11.8 Å². The highest BCUT2D eigenvalue weighted by Gasteiger charge is 2.27. The molecule has 4 nitrogen and oxygen atoms in total. The summed E-state index contributed by atoms with van der Waals surface area (Å²) in [5.74, 6) is 0.699. The van der Waals surface area contributed by atoms with E-state index in [4.69, 9.17) is 4.74 Å². The van der Waals surface area contributed by atoms with Crippen LogP contribution in [0, 0.1) is 0 Å². The van der Waals surface area contributed by atoms with Gasteiger partial charge in [-0.2, -0.15) is 0 Å². The summed E-state index contributed by atoms with van der Waals surface area (Å²) in [6, 6.07) is 14.0. The molecule has 3 heterocycles. The number of rotatable bonds is 3. The number of ether oxygens (including phenoxy) is 1. The zero-order valence-corrected chi connectivity index (χ0v) is 13.0. The van der Waals surface area contributed by atoms with Crippen LogP contribution >= 0.6 is 0 Å². The molecular formula is C19H18N2O2. The summed E-state index contributed by atoms with van der Waals surface area (Å²) in [6.07, 6.45) is 3.31. The lowest BCUT2D eigenvalue weighted by Gasteiger charge is -2.15. The molecule has 0 fully saturated rings. The maximum atomic E-state index is 12.7. The van der Waals surface area contributed by atoms with Gasteiger partial charge in [0, 0.05) is 19.2 Å². The molecule has 4 heteroatoms. The smallest absolute Gasteiger partial charge is 0.202 e. The molecule has 1 atom stereocenters. The Hall–Kier alpha value is -2.62. The number of hydrogen-bond acceptors (Lipinski definition) is 3. The first-order valence-corrected chi connectivity index (χ1v) is 7.95. The Kier molecular flexibility index (Phi) is 3.37. The molecule has 0 radical (unpaired) electrons. The van der Waals surface area contributed by atoms with Crippen molar-refractivity contribution in [3.63, 3.8) is 0 Å². The number of benzene rings is 1. The lowest BCUT2D eigenvalue weighted by Crippen LogP contribution is -2.16. The summed E-state index contributed by atoms with van der Waals surface area (Å²) in [6.45, 7) is 2.74. The van der Waals surface area contributed by atoms with E-state index in [1.165, 1.54) is 5.56 Å². The molecule has 0 bridgehead atoms. The van der Waals surface area contributed by atoms with Gasteiger partial charge < -0.3 is 4.74 Å². The monoisotopic (exact) mass is 306 g/mol. The molecule has 1 unspecified atom stereocenters. The normalized spacial score (nSPS) is 16.3. The highest BCUT2D eigenvalue weighted by molar-refractivity contribution is 5.77. The predicted octanol–water partition coefficient (Wildman–Crippen LogP) is 2.96. The second-order valence-corrected chi connectivity index (χ2v) is 6.01. The molecule has 1 aromatic carbocycles. The van der Waals surface area contributed by atoms with Crippen molar-refractivity contribution in [3.8, 4) is 5.88 Å². The average Bonchev–Trinajstić information content (AvgIpc) is 2.98. The summed E-state index contributed by atoms with van der Waals surface area (Å²) in [5.41, 5.74) is 2.81. The second-order valence-electron chi connectivity index (χ2n) is 6.01. The van der Waals surface area contributed by atoms with Crippen LogP contribution in [0.2, 0.25) is 0 Å². The Bertz CT molecular complexity index is 916. The first-order chi connectivity index (χ1) is 11.2. The second kappa shape index (κ2) is 5.54. The number of fused-ring (bicyclic) bond motifs is 2. The van der Waals surface area contributed by atoms with Crippen molar-refractivity contribution in [1.82, 2.24) is 9.55 Å². The highest BCUT2D eigenvalue weighted by atomic mass is 16.5. The Morgan fingerprint density at radius 3 is 2.87 bits per heavy atom. The van der Waals surface area contributed by atoms with Gasteiger partial charge in [0.25, 0.3) is 0 Å². The van der Waals surface area contributed by atoms with E-state index in [2.05, 4.69) is 21.7 Å². The first kappa shape index (κ1) is 14.0. The lowest BCUT2D eigenvalue weighted by atomic mass is 10.1. The van der Waals surface area contributed by atoms with Gasteiger partial charge in [-0.25, -0.2) is 4.98 Å². The molecule has 0 N–H and O–H groups in total. The van der Waals surface area contributed by atoms with Gasteiger partial charge in [-0.15, -0.1) is 0 Å². The zero-order valence-electron chi connectivity index (χ0n) is 13.0. The van der Waals surface area contributed by atoms with Gasteiger partial charge in [-0.3, -0.25) is 9.36 Å². The van der Waals surface area contributed by atoms with Crippen LogP contribution in [0.1, 0.15) is 18.1 Å². The summed E-state index contributed by atoms with van der Waals surface area (Å²) in [4.78, 5) is 17.1. The van der Waals surface area contributed by atoms with Gasteiger partial charge in [0.05, 0.1) is 10.9 Å². The van der Waals surface area contributed by atoms with Crippen LogP contribution in [0.5, 0.6) is 5.88 Å². The molecule has 23 heavy (non-hydrogen) atoms. The Labute approximate surface area is 134 Å². The molecular weight excluding hydrogens is 288 g/mol. The Morgan fingerprint density at radius 2 is 2.04 bits per heavy atom. The number of aryl methyl sites for hydroxylation is 2. The highest BCUT2D eigenvalue weighted by Crippen LogP contribution is 2.29. The summed E-state index contributed by atoms with van der Waals surface area (Å²) >= 11 is 0. The van der Waals surface area contributed by atoms with Crippen molar-refractivity contribution in [2.75, 3.05) is 0 Å². The first-order valence-electron chi connectivity index (χ1n) is 7.95. The Balaban J connectivity index is 1.83. The molecule has 0 spiro atoms. The fourth-order valence-electron chi connectivity index (χ4n) is 3.24. The van der Waals surface area contributed by atoms with Crippen molar-refractivity contribution in [3.05, 3.63) is 70.0 Å². The number of nitrogens with zero attached hydrogens (tertiary/aromatic N) is 2. The third kappa shape index (κ3) is 2.40. The van der Waals surface area contributed by atoms with Crippen molar-refractivity contribution in [2.24, 2.45) is 0 Å². The largest absolute Gasteiger partial charge is 0.475 e. The predicted molar refractivity (Wildman–Crippen MR) is 89.9 cm³/mol. The van der Waals surface area contributed by atoms with Crippen LogP contribution in [0.15, 0.2) is 53.5 Å². The van der Waals surface area contributed by atoms with E-state index in [1.807, 2.05) is 37.3 Å². The average molecular weight is 306 g/mol. The maximum absolute atomic E-state index is 12.7. The van der Waals surface area contributed by atoms with Crippen LogP contribution in [0.3, 0.4) is 0 Å². The van der Waals surface area contributed by atoms with Crippen LogP contribution in [0.25, 0.3) is 11.0 Å². The minimum atomic E-state index is 0.0393. The molecule has 1 aliphatic heterocycles. The van der Waals surface area contributed by atoms with E-state index >= 15 is 0 Å². The van der Waals surface area contributed by atoms with E-state index in [9.17, 15) is 4.79 Å². The third-order valence-electron chi connectivity index (χ3n) is 4.34. The van der Waals surface area contributed by atoms with Gasteiger partial charge in [0.15, 0.2) is 5.43 Å². The van der Waals surface area contributed by atoms with Crippen molar-refractivity contribution in [2.45, 2.75) is 32.4 Å². The van der Waals surface area contributed by atoms with Gasteiger partial charge in [-0.1, -0.05) is 30.3 Å². The standard InChI is InChI=1S/C19H18N2O2/c1-13-12-16-17(22)15-8-5-10-20-18(15)21(19(16)23-13)11-9-14-6-3-2-4-7-14/h2-8,10,13H,9,11-12H2,1H3. The van der Waals surface area contributed by atoms with Gasteiger partial charge in [-0.05, 0) is 31.0 Å². The molecule has 0 amide bonds. The molecule has 0 aliphatic carbocycles. The summed E-state index contributed by atoms with van der Waals surface area (Å²) < 4.78 is 8.00. The molecule has 0 saturated carbocycles. The fourth-order valence-corrected chi connectivity index (χ4v) is 3.24. The third-order valence-corrected chi connectivity index (χ3v) is 4.34. The van der Waals surface area contributed by atoms with E-state index in [0.717, 1.165) is 18.5 Å². The summed E-state index contributed by atoms with van der Waals surface area (Å²) in [7, 11) is 0. The number of hydrogen-bond donors (Lipinski definition) is 0. The van der Waals surface area contributed by atoms with E-state index in [1.54, 1.807) is 6.20 Å². The summed E-state index contributed by atoms with van der Waals surface area (Å²) in [5, 5.41) is 0.678. The SMILES string of the molecule is CC1Cc2c(n(CCc3ccccc3)c3ncccc3c2=O)O1. The number of aromatic nitrogens is 2. The van der Waals surface area contributed by atoms with Crippen LogP contribution in [-0.4, -0.2) is 15.7 Å². The van der Waals surface area contributed by atoms with E-state index < -0.39 is 0 Å². The molecule has 3 aromatic rings. The van der Waals surface area contributed by atoms with Crippen LogP contribution in [-0.2, 0) is 19.4 Å². The van der Waals surface area contributed by atoms with E-state index in [0.29, 0.717) is 23.3 Å². The topological polar surface area (TPSA) is 44.1 Å². The number of pyridine rings is 2. The molecule has 1 aliphatic rings. The molecule has 0 saturated heterocycles. The minimum Gasteiger partial charge on any atom is -0.475 e. The van der Waals surface area contributed by atoms with Gasteiger partial charge in [0.2, 0.25) is 5.88 Å². The van der Waals surface area contributed by atoms with Crippen LogP contribution < -0.4 is 10.2 Å². The minimum absolute atomic E-state index is 0.0393. The van der Waals surface area contributed by atoms with Crippen molar-refractivity contribution < 1.29 is 4.74 Å². The lowest BCUT2D eigenvalue weighted by molar-refractivity contribution is 0.236. The fraction of sp³-hybridized carbons (Fsp3) is 0.263. The molecule has 116 valence electrons. The van der Waals surface area contributed by atoms with Crippen molar-refractivity contribution in [1.29, 1.82) is 0 Å². The van der Waals surface area contributed by atoms with Gasteiger partial charge >= 0.3 is 0 Å². The van der Waals surface area contributed by atoms with E-state index in [-0.39, 0.29) is 11.5 Å². The quantitative estimate of drug-likeness (QED) is 0.747. The zero-order chi connectivity index (χ0) is 15.8. The molecule has 4 rings (SSSR count). The maximum Gasteiger partial charge on any atom is 0.202 e. The molecule has 2 aromatic heterocycles. The Morgan fingerprint density at radius 1 is 1.22 bits per heavy atom.